The third-order valence-electron chi connectivity index (χ3n) is 5.44. The fourth-order valence-corrected chi connectivity index (χ4v) is 3.75. The number of aryl methyl sites for hydroxylation is 1. The Kier molecular flexibility index (Phi) is 6.62. The molecule has 4 rings (SSSR count). The number of benzene rings is 1. The number of halogens is 1. The van der Waals surface area contributed by atoms with Gasteiger partial charge in [-0.15, -0.1) is 12.4 Å². The molecule has 1 aromatic heterocycles. The van der Waals surface area contributed by atoms with Crippen LogP contribution in [0.4, 0.5) is 5.69 Å². The summed E-state index contributed by atoms with van der Waals surface area (Å²) in [7, 11) is 0. The Labute approximate surface area is 176 Å². The lowest BCUT2D eigenvalue weighted by molar-refractivity contribution is -0.600. The topological polar surface area (TPSA) is 69.0 Å². The first-order valence-electron chi connectivity index (χ1n) is 9.63. The number of hydrogen-bond acceptors (Lipinski definition) is 5. The zero-order chi connectivity index (χ0) is 19.7. The van der Waals surface area contributed by atoms with Gasteiger partial charge in [0.2, 0.25) is 5.69 Å². The average molecular weight is 420 g/mol. The minimum absolute atomic E-state index is 0. The van der Waals surface area contributed by atoms with Gasteiger partial charge in [0, 0.05) is 50.3 Å². The number of carbonyl (C=O) groups excluding carboxylic acids is 1. The van der Waals surface area contributed by atoms with Gasteiger partial charge in [-0.1, -0.05) is 0 Å². The van der Waals surface area contributed by atoms with E-state index in [1.807, 2.05) is 24.3 Å². The number of pyridine rings is 1. The van der Waals surface area contributed by atoms with Gasteiger partial charge >= 0.3 is 0 Å². The first kappa shape index (κ1) is 21.4. The molecule has 0 saturated carbocycles. The number of morpholine rings is 1. The summed E-state index contributed by atoms with van der Waals surface area (Å²) >= 11 is 0. The van der Waals surface area contributed by atoms with Gasteiger partial charge in [0.1, 0.15) is 5.75 Å². The third kappa shape index (κ3) is 4.32. The molecule has 0 N–H and O–H groups in total. The summed E-state index contributed by atoms with van der Waals surface area (Å²) in [6.07, 6.45) is 0. The van der Waals surface area contributed by atoms with Crippen LogP contribution in [-0.2, 0) is 9.53 Å². The van der Waals surface area contributed by atoms with Crippen molar-refractivity contribution >= 4 is 24.0 Å². The lowest BCUT2D eigenvalue weighted by Crippen LogP contribution is -2.49. The second kappa shape index (κ2) is 8.98. The molecule has 7 nitrogen and oxygen atoms in total. The van der Waals surface area contributed by atoms with Crippen LogP contribution >= 0.6 is 12.4 Å². The number of amides is 1. The number of hydrogen-bond donors (Lipinski definition) is 0. The highest BCUT2D eigenvalue weighted by molar-refractivity contribution is 5.98. The van der Waals surface area contributed by atoms with Crippen LogP contribution < -0.4 is 14.4 Å². The molecule has 1 atom stereocenters. The Balaban J connectivity index is 0.00000240. The number of aromatic nitrogens is 1. The highest BCUT2D eigenvalue weighted by Crippen LogP contribution is 2.35. The molecule has 0 radical (unpaired) electrons. The van der Waals surface area contributed by atoms with Crippen LogP contribution in [0.25, 0.3) is 11.3 Å². The van der Waals surface area contributed by atoms with Crippen molar-refractivity contribution in [3.63, 3.8) is 0 Å². The number of anilines is 1. The molecule has 1 amide bonds. The van der Waals surface area contributed by atoms with E-state index >= 15 is 0 Å². The molecule has 8 heteroatoms. The normalized spacial score (nSPS) is 19.3. The second-order valence-electron chi connectivity index (χ2n) is 7.32. The molecule has 29 heavy (non-hydrogen) atoms. The van der Waals surface area contributed by atoms with Gasteiger partial charge in [0.25, 0.3) is 5.91 Å². The van der Waals surface area contributed by atoms with Gasteiger partial charge in [-0.3, -0.25) is 9.69 Å². The van der Waals surface area contributed by atoms with Crippen LogP contribution in [0.1, 0.15) is 12.6 Å². The molecule has 3 heterocycles. The predicted octanol–water partition coefficient (Wildman–Crippen LogP) is 2.16. The molecule has 0 aliphatic carbocycles. The first-order valence-corrected chi connectivity index (χ1v) is 9.63. The Bertz CT molecular complexity index is 892. The number of nitrogens with zero attached hydrogens (tertiary/aromatic N) is 3. The van der Waals surface area contributed by atoms with Crippen LogP contribution in [0, 0.1) is 12.1 Å². The van der Waals surface area contributed by atoms with Crippen LogP contribution in [0.2, 0.25) is 0 Å². The van der Waals surface area contributed by atoms with E-state index in [0.717, 1.165) is 35.7 Å². The highest BCUT2D eigenvalue weighted by atomic mass is 35.5. The molecule has 2 aromatic rings. The summed E-state index contributed by atoms with van der Waals surface area (Å²) < 4.78 is 12.0. The van der Waals surface area contributed by atoms with Gasteiger partial charge in [-0.25, -0.2) is 0 Å². The summed E-state index contributed by atoms with van der Waals surface area (Å²) in [5.74, 6) is 0.605. The number of ether oxygens (including phenoxy) is 2. The van der Waals surface area contributed by atoms with Gasteiger partial charge in [-0.05, 0) is 31.2 Å². The molecule has 1 fully saturated rings. The Morgan fingerprint density at radius 3 is 2.86 bits per heavy atom. The van der Waals surface area contributed by atoms with E-state index < -0.39 is 0 Å². The smallest absolute Gasteiger partial charge is 0.265 e. The van der Waals surface area contributed by atoms with E-state index in [2.05, 4.69) is 11.8 Å². The zero-order valence-electron chi connectivity index (χ0n) is 16.7. The quantitative estimate of drug-likeness (QED) is 0.561. The third-order valence-corrected chi connectivity index (χ3v) is 5.44. The maximum Gasteiger partial charge on any atom is 0.265 e. The van der Waals surface area contributed by atoms with Crippen molar-refractivity contribution in [3.05, 3.63) is 47.3 Å². The van der Waals surface area contributed by atoms with E-state index in [1.54, 1.807) is 24.0 Å². The molecule has 2 aliphatic heterocycles. The van der Waals surface area contributed by atoms with Crippen molar-refractivity contribution in [2.24, 2.45) is 0 Å². The van der Waals surface area contributed by atoms with Crippen LogP contribution in [0.5, 0.6) is 5.75 Å². The van der Waals surface area contributed by atoms with E-state index in [1.165, 1.54) is 0 Å². The summed E-state index contributed by atoms with van der Waals surface area (Å²) in [6.45, 7) is 7.60. The SMILES string of the molecule is Cc1cccc(-c2ccc3c(c2)N(CCN2CCOCC2C)C(=O)CO3)[n+]1[O-].Cl. The van der Waals surface area contributed by atoms with E-state index in [4.69, 9.17) is 9.47 Å². The van der Waals surface area contributed by atoms with Crippen LogP contribution in [0.15, 0.2) is 36.4 Å². The molecule has 0 spiro atoms. The van der Waals surface area contributed by atoms with Gasteiger partial charge < -0.3 is 19.6 Å². The number of carbonyl (C=O) groups is 1. The predicted molar refractivity (Wildman–Crippen MR) is 113 cm³/mol. The van der Waals surface area contributed by atoms with Crippen molar-refractivity contribution in [2.45, 2.75) is 19.9 Å². The maximum atomic E-state index is 12.6. The maximum absolute atomic E-state index is 12.6. The lowest BCUT2D eigenvalue weighted by Gasteiger charge is -2.36. The van der Waals surface area contributed by atoms with Gasteiger partial charge in [-0.2, -0.15) is 4.73 Å². The summed E-state index contributed by atoms with van der Waals surface area (Å²) in [5.41, 5.74) is 2.67. The lowest BCUT2D eigenvalue weighted by atomic mass is 10.1. The summed E-state index contributed by atoms with van der Waals surface area (Å²) in [6, 6.07) is 11.3. The van der Waals surface area contributed by atoms with E-state index in [-0.39, 0.29) is 24.9 Å². The Morgan fingerprint density at radius 2 is 2.07 bits per heavy atom. The molecule has 1 saturated heterocycles. The van der Waals surface area contributed by atoms with Crippen molar-refractivity contribution in [1.29, 1.82) is 0 Å². The first-order chi connectivity index (χ1) is 13.5. The number of fused-ring (bicyclic) bond motifs is 1. The van der Waals surface area contributed by atoms with E-state index in [9.17, 15) is 10.0 Å². The monoisotopic (exact) mass is 419 g/mol. The number of rotatable bonds is 4. The largest absolute Gasteiger partial charge is 0.618 e. The molecule has 2 aliphatic rings. The fraction of sp³-hybridized carbons (Fsp3) is 0.429. The van der Waals surface area contributed by atoms with Gasteiger partial charge in [0.15, 0.2) is 12.3 Å². The molecular weight excluding hydrogens is 394 g/mol. The molecule has 156 valence electrons. The molecule has 1 unspecified atom stereocenters. The van der Waals surface area contributed by atoms with Crippen molar-refractivity contribution < 1.29 is 19.0 Å². The highest BCUT2D eigenvalue weighted by Gasteiger charge is 2.28. The summed E-state index contributed by atoms with van der Waals surface area (Å²) in [5, 5.41) is 12.4. The minimum Gasteiger partial charge on any atom is -0.618 e. The van der Waals surface area contributed by atoms with Crippen molar-refractivity contribution in [1.82, 2.24) is 4.90 Å². The Hall–Kier alpha value is -2.35. The average Bonchev–Trinajstić information content (AvgIpc) is 2.70. The summed E-state index contributed by atoms with van der Waals surface area (Å²) in [4.78, 5) is 16.7. The minimum atomic E-state index is -0.0650. The fourth-order valence-electron chi connectivity index (χ4n) is 3.75. The van der Waals surface area contributed by atoms with Crippen molar-refractivity contribution in [2.75, 3.05) is 44.4 Å². The standard InChI is InChI=1S/C21H25N3O4.ClH/c1-15-4-3-5-18(24(15)26)17-6-7-20-19(12-17)23(21(25)14-28-20)9-8-22-10-11-27-13-16(22)2;/h3-7,12,16H,8-11,13-14H2,1-2H3;1H. The molecule has 0 bridgehead atoms. The zero-order valence-corrected chi connectivity index (χ0v) is 17.5. The Morgan fingerprint density at radius 1 is 1.24 bits per heavy atom. The second-order valence-corrected chi connectivity index (χ2v) is 7.32. The van der Waals surface area contributed by atoms with Crippen LogP contribution in [-0.4, -0.2) is 56.3 Å². The molecular formula is C21H26ClN3O4. The molecule has 1 aromatic carbocycles. The van der Waals surface area contributed by atoms with Crippen molar-refractivity contribution in [3.8, 4) is 17.0 Å². The van der Waals surface area contributed by atoms with Crippen LogP contribution in [0.3, 0.4) is 0 Å². The van der Waals surface area contributed by atoms with E-state index in [0.29, 0.717) is 36.3 Å². The van der Waals surface area contributed by atoms with Gasteiger partial charge in [0.05, 0.1) is 18.9 Å².